The molecule has 5 nitrogen and oxygen atoms in total. The molecular formula is C19H29N5. The van der Waals surface area contributed by atoms with E-state index in [9.17, 15) is 0 Å². The van der Waals surface area contributed by atoms with E-state index in [4.69, 9.17) is 0 Å². The molecule has 0 saturated carbocycles. The molecule has 0 bridgehead atoms. The first-order chi connectivity index (χ1) is 11.7. The maximum absolute atomic E-state index is 4.27. The van der Waals surface area contributed by atoms with E-state index in [0.29, 0.717) is 0 Å². The summed E-state index contributed by atoms with van der Waals surface area (Å²) in [6, 6.07) is 10.4. The summed E-state index contributed by atoms with van der Waals surface area (Å²) < 4.78 is 1.87. The second kappa shape index (κ2) is 9.75. The molecule has 0 aliphatic carbocycles. The van der Waals surface area contributed by atoms with Gasteiger partial charge in [0.25, 0.3) is 0 Å². The van der Waals surface area contributed by atoms with E-state index in [2.05, 4.69) is 58.8 Å². The van der Waals surface area contributed by atoms with Crippen molar-refractivity contribution in [3.63, 3.8) is 0 Å². The minimum absolute atomic E-state index is 0.756. The number of hydrogen-bond donors (Lipinski definition) is 2. The van der Waals surface area contributed by atoms with Gasteiger partial charge in [-0.05, 0) is 48.9 Å². The molecule has 1 heterocycles. The lowest BCUT2D eigenvalue weighted by Crippen LogP contribution is -2.38. The molecule has 2 rings (SSSR count). The summed E-state index contributed by atoms with van der Waals surface area (Å²) >= 11 is 0. The predicted octanol–water partition coefficient (Wildman–Crippen LogP) is 3.02. The van der Waals surface area contributed by atoms with E-state index in [-0.39, 0.29) is 0 Å². The Morgan fingerprint density at radius 1 is 1.17 bits per heavy atom. The van der Waals surface area contributed by atoms with E-state index < -0.39 is 0 Å². The molecule has 0 radical (unpaired) electrons. The average molecular weight is 327 g/mol. The number of aliphatic imine (C=N–C) groups is 1. The zero-order valence-electron chi connectivity index (χ0n) is 15.0. The Labute approximate surface area is 145 Å². The van der Waals surface area contributed by atoms with Crippen molar-refractivity contribution < 1.29 is 0 Å². The van der Waals surface area contributed by atoms with Crippen LogP contribution in [0.2, 0.25) is 0 Å². The van der Waals surface area contributed by atoms with Gasteiger partial charge in [0.1, 0.15) is 0 Å². The summed E-state index contributed by atoms with van der Waals surface area (Å²) in [6.07, 6.45) is 7.12. The van der Waals surface area contributed by atoms with Gasteiger partial charge >= 0.3 is 0 Å². The molecule has 1 aromatic carbocycles. The summed E-state index contributed by atoms with van der Waals surface area (Å²) in [4.78, 5) is 4.27. The molecular weight excluding hydrogens is 298 g/mol. The minimum Gasteiger partial charge on any atom is -0.356 e. The molecule has 0 fully saturated rings. The van der Waals surface area contributed by atoms with Crippen molar-refractivity contribution in [1.29, 1.82) is 0 Å². The molecule has 2 N–H and O–H groups in total. The van der Waals surface area contributed by atoms with Crippen LogP contribution in [0.3, 0.4) is 0 Å². The summed E-state index contributed by atoms with van der Waals surface area (Å²) in [5.74, 6) is 1.64. The molecule has 24 heavy (non-hydrogen) atoms. The van der Waals surface area contributed by atoms with Crippen LogP contribution < -0.4 is 10.6 Å². The third-order valence-electron chi connectivity index (χ3n) is 3.89. The van der Waals surface area contributed by atoms with E-state index in [1.165, 1.54) is 18.4 Å². The highest BCUT2D eigenvalue weighted by Gasteiger charge is 2.00. The second-order valence-corrected chi connectivity index (χ2v) is 6.33. The monoisotopic (exact) mass is 327 g/mol. The molecule has 1 aromatic heterocycles. The fraction of sp³-hybridized carbons (Fsp3) is 0.474. The van der Waals surface area contributed by atoms with Gasteiger partial charge in [0.15, 0.2) is 5.96 Å². The van der Waals surface area contributed by atoms with Crippen LogP contribution in [0.25, 0.3) is 5.69 Å². The first-order valence-electron chi connectivity index (χ1n) is 8.72. The van der Waals surface area contributed by atoms with Gasteiger partial charge in [-0.3, -0.25) is 4.99 Å². The topological polar surface area (TPSA) is 54.2 Å². The molecule has 0 atom stereocenters. The van der Waals surface area contributed by atoms with Crippen molar-refractivity contribution in [2.24, 2.45) is 10.9 Å². The summed E-state index contributed by atoms with van der Waals surface area (Å²) in [5, 5.41) is 11.0. The zero-order chi connectivity index (χ0) is 17.2. The van der Waals surface area contributed by atoms with Crippen molar-refractivity contribution in [2.75, 3.05) is 20.1 Å². The van der Waals surface area contributed by atoms with Gasteiger partial charge in [-0.1, -0.05) is 26.0 Å². The molecule has 0 aliphatic rings. The summed E-state index contributed by atoms with van der Waals surface area (Å²) in [6.45, 7) is 6.34. The van der Waals surface area contributed by atoms with Gasteiger partial charge in [0, 0.05) is 32.5 Å². The van der Waals surface area contributed by atoms with Crippen LogP contribution >= 0.6 is 0 Å². The van der Waals surface area contributed by atoms with E-state index in [0.717, 1.165) is 37.1 Å². The van der Waals surface area contributed by atoms with Gasteiger partial charge in [-0.25, -0.2) is 4.68 Å². The normalized spacial score (nSPS) is 11.8. The first-order valence-corrected chi connectivity index (χ1v) is 8.72. The van der Waals surface area contributed by atoms with E-state index in [1.54, 1.807) is 6.20 Å². The van der Waals surface area contributed by atoms with Crippen LogP contribution in [0.1, 0.15) is 32.3 Å². The van der Waals surface area contributed by atoms with Gasteiger partial charge in [0.2, 0.25) is 0 Å². The van der Waals surface area contributed by atoms with Crippen molar-refractivity contribution in [1.82, 2.24) is 20.4 Å². The van der Waals surface area contributed by atoms with Crippen LogP contribution in [-0.2, 0) is 6.42 Å². The fourth-order valence-corrected chi connectivity index (χ4v) is 2.50. The highest BCUT2D eigenvalue weighted by Crippen LogP contribution is 2.08. The molecule has 0 spiro atoms. The van der Waals surface area contributed by atoms with Crippen molar-refractivity contribution in [3.8, 4) is 5.69 Å². The van der Waals surface area contributed by atoms with Crippen molar-refractivity contribution in [2.45, 2.75) is 33.1 Å². The van der Waals surface area contributed by atoms with E-state index >= 15 is 0 Å². The molecule has 0 saturated heterocycles. The van der Waals surface area contributed by atoms with Crippen molar-refractivity contribution in [3.05, 3.63) is 48.3 Å². The maximum Gasteiger partial charge on any atom is 0.190 e. The van der Waals surface area contributed by atoms with Crippen molar-refractivity contribution >= 4 is 5.96 Å². The standard InChI is InChI=1S/C19H29N5/c1-16(2)6-4-12-21-19(20-3)22-14-11-17-7-9-18(10-8-17)24-15-5-13-23-24/h5,7-10,13,15-16H,4,6,11-12,14H2,1-3H3,(H2,20,21,22). The SMILES string of the molecule is CN=C(NCCCC(C)C)NCCc1ccc(-n2cccn2)cc1. The fourth-order valence-electron chi connectivity index (χ4n) is 2.50. The number of guanidine groups is 1. The van der Waals surface area contributed by atoms with Gasteiger partial charge in [-0.15, -0.1) is 0 Å². The third kappa shape index (κ3) is 6.07. The highest BCUT2D eigenvalue weighted by molar-refractivity contribution is 5.79. The van der Waals surface area contributed by atoms with E-state index in [1.807, 2.05) is 24.0 Å². The Balaban J connectivity index is 1.70. The van der Waals surface area contributed by atoms with Crippen LogP contribution in [-0.4, -0.2) is 35.9 Å². The van der Waals surface area contributed by atoms with Gasteiger partial charge in [0.05, 0.1) is 5.69 Å². The minimum atomic E-state index is 0.756. The van der Waals surface area contributed by atoms with Crippen LogP contribution in [0.5, 0.6) is 0 Å². The lowest BCUT2D eigenvalue weighted by molar-refractivity contribution is 0.549. The number of nitrogens with zero attached hydrogens (tertiary/aromatic N) is 3. The Morgan fingerprint density at radius 3 is 2.54 bits per heavy atom. The largest absolute Gasteiger partial charge is 0.356 e. The lowest BCUT2D eigenvalue weighted by Gasteiger charge is -2.12. The Morgan fingerprint density at radius 2 is 1.92 bits per heavy atom. The summed E-state index contributed by atoms with van der Waals surface area (Å²) in [7, 11) is 1.82. The smallest absolute Gasteiger partial charge is 0.190 e. The lowest BCUT2D eigenvalue weighted by atomic mass is 10.1. The van der Waals surface area contributed by atoms with Crippen LogP contribution in [0.15, 0.2) is 47.7 Å². The molecule has 0 unspecified atom stereocenters. The quantitative estimate of drug-likeness (QED) is 0.445. The average Bonchev–Trinajstić information content (AvgIpc) is 3.12. The Bertz CT molecular complexity index is 599. The number of hydrogen-bond acceptors (Lipinski definition) is 2. The number of nitrogens with one attached hydrogen (secondary N) is 2. The Kier molecular flexibility index (Phi) is 7.33. The van der Waals surface area contributed by atoms with Crippen LogP contribution in [0.4, 0.5) is 0 Å². The molecule has 2 aromatic rings. The predicted molar refractivity (Wildman–Crippen MR) is 101 cm³/mol. The second-order valence-electron chi connectivity index (χ2n) is 6.33. The first kappa shape index (κ1) is 18.0. The van der Waals surface area contributed by atoms with Gasteiger partial charge < -0.3 is 10.6 Å². The highest BCUT2D eigenvalue weighted by atomic mass is 15.3. The zero-order valence-corrected chi connectivity index (χ0v) is 15.0. The third-order valence-corrected chi connectivity index (χ3v) is 3.89. The number of benzene rings is 1. The molecule has 0 amide bonds. The summed E-state index contributed by atoms with van der Waals surface area (Å²) in [5.41, 5.74) is 2.38. The van der Waals surface area contributed by atoms with Crippen LogP contribution in [0, 0.1) is 5.92 Å². The molecule has 5 heteroatoms. The maximum atomic E-state index is 4.27. The molecule has 130 valence electrons. The number of aromatic nitrogens is 2. The molecule has 0 aliphatic heterocycles. The Hall–Kier alpha value is -2.30. The van der Waals surface area contributed by atoms with Gasteiger partial charge in [-0.2, -0.15) is 5.10 Å². The number of rotatable bonds is 8.